The van der Waals surface area contributed by atoms with E-state index in [-0.39, 0.29) is 0 Å². The van der Waals surface area contributed by atoms with Crippen LogP contribution in [0.1, 0.15) is 85.5 Å². The predicted octanol–water partition coefficient (Wildman–Crippen LogP) is 6.06. The van der Waals surface area contributed by atoms with E-state index in [1.165, 1.54) is 57.8 Å². The van der Waals surface area contributed by atoms with Gasteiger partial charge in [0.05, 0.1) is 0 Å². The minimum Gasteiger partial charge on any atom is -0.0625 e. The molecule has 0 atom stereocenters. The topological polar surface area (TPSA) is 0 Å². The van der Waals surface area contributed by atoms with Crippen LogP contribution in [0, 0.1) is 23.7 Å². The van der Waals surface area contributed by atoms with Gasteiger partial charge in [-0.05, 0) is 36.5 Å². The van der Waals surface area contributed by atoms with E-state index in [4.69, 9.17) is 0 Å². The van der Waals surface area contributed by atoms with Gasteiger partial charge in [-0.2, -0.15) is 0 Å². The molecular weight excluding hydrogens is 204 g/mol. The Hall–Kier alpha value is 0. The van der Waals surface area contributed by atoms with E-state index in [2.05, 4.69) is 27.7 Å². The third kappa shape index (κ3) is 6.48. The van der Waals surface area contributed by atoms with E-state index in [0.29, 0.717) is 0 Å². The van der Waals surface area contributed by atoms with Crippen LogP contribution >= 0.6 is 0 Å². The molecule has 0 aromatic rings. The monoisotopic (exact) mass is 238 g/mol. The summed E-state index contributed by atoms with van der Waals surface area (Å²) in [5, 5.41) is 0. The van der Waals surface area contributed by atoms with Gasteiger partial charge in [0.15, 0.2) is 0 Å². The van der Waals surface area contributed by atoms with Crippen LogP contribution in [0.4, 0.5) is 0 Å². The quantitative estimate of drug-likeness (QED) is 0.521. The van der Waals surface area contributed by atoms with Crippen molar-refractivity contribution in [3.63, 3.8) is 0 Å². The summed E-state index contributed by atoms with van der Waals surface area (Å²) in [6.07, 6.45) is 13.4. The third-order valence-electron chi connectivity index (χ3n) is 4.90. The number of hydrogen-bond acceptors (Lipinski definition) is 0. The van der Waals surface area contributed by atoms with Crippen molar-refractivity contribution < 1.29 is 0 Å². The normalized spacial score (nSPS) is 30.9. The van der Waals surface area contributed by atoms with E-state index < -0.39 is 0 Å². The lowest BCUT2D eigenvalue weighted by Crippen LogP contribution is -2.16. The molecule has 102 valence electrons. The van der Waals surface area contributed by atoms with E-state index >= 15 is 0 Å². The fraction of sp³-hybridized carbons (Fsp3) is 1.00. The van der Waals surface area contributed by atoms with Gasteiger partial charge in [0, 0.05) is 0 Å². The summed E-state index contributed by atoms with van der Waals surface area (Å²) >= 11 is 0. The van der Waals surface area contributed by atoms with Crippen LogP contribution in [-0.2, 0) is 0 Å². The standard InChI is InChI=1S/C10H20.C7H14/c1-8(2)10-6-4-9(3)5-7-10;1-7-5-3-2-4-6-7/h8-10H,4-7H2,1-3H3;7H,2-6H2,1H3. The third-order valence-corrected chi connectivity index (χ3v) is 4.90. The molecule has 0 aliphatic heterocycles. The number of hydrogen-bond donors (Lipinski definition) is 0. The van der Waals surface area contributed by atoms with Gasteiger partial charge in [0.2, 0.25) is 0 Å². The lowest BCUT2D eigenvalue weighted by atomic mass is 9.78. The van der Waals surface area contributed by atoms with Crippen molar-refractivity contribution in [2.45, 2.75) is 85.5 Å². The Morgan fingerprint density at radius 1 is 0.647 bits per heavy atom. The van der Waals surface area contributed by atoms with Crippen LogP contribution < -0.4 is 0 Å². The van der Waals surface area contributed by atoms with Crippen LogP contribution in [0.5, 0.6) is 0 Å². The highest BCUT2D eigenvalue weighted by molar-refractivity contribution is 4.71. The van der Waals surface area contributed by atoms with E-state index in [1.54, 1.807) is 0 Å². The Bertz CT molecular complexity index is 168. The highest BCUT2D eigenvalue weighted by Crippen LogP contribution is 2.32. The van der Waals surface area contributed by atoms with Crippen LogP contribution in [0.2, 0.25) is 0 Å². The van der Waals surface area contributed by atoms with Crippen molar-refractivity contribution >= 4 is 0 Å². The molecule has 0 N–H and O–H groups in total. The second kappa shape index (κ2) is 8.16. The molecule has 17 heavy (non-hydrogen) atoms. The van der Waals surface area contributed by atoms with Gasteiger partial charge in [-0.3, -0.25) is 0 Å². The highest BCUT2D eigenvalue weighted by Gasteiger charge is 2.20. The minimum absolute atomic E-state index is 0.924. The first-order chi connectivity index (χ1) is 8.09. The second-order valence-electron chi connectivity index (χ2n) is 7.01. The first-order valence-corrected chi connectivity index (χ1v) is 8.09. The Morgan fingerprint density at radius 3 is 1.47 bits per heavy atom. The van der Waals surface area contributed by atoms with Crippen molar-refractivity contribution in [1.82, 2.24) is 0 Å². The Labute approximate surface area is 110 Å². The molecule has 0 aromatic carbocycles. The maximum atomic E-state index is 2.39. The Morgan fingerprint density at radius 2 is 1.12 bits per heavy atom. The molecule has 0 saturated heterocycles. The lowest BCUT2D eigenvalue weighted by molar-refractivity contribution is 0.234. The smallest absolute Gasteiger partial charge is 0.0391 e. The molecule has 0 bridgehead atoms. The molecule has 2 aliphatic rings. The zero-order valence-corrected chi connectivity index (χ0v) is 12.7. The Balaban J connectivity index is 0.000000181. The van der Waals surface area contributed by atoms with Gasteiger partial charge in [-0.25, -0.2) is 0 Å². The van der Waals surface area contributed by atoms with Gasteiger partial charge in [-0.15, -0.1) is 0 Å². The largest absolute Gasteiger partial charge is 0.0625 e. The van der Waals surface area contributed by atoms with E-state index in [0.717, 1.165) is 23.7 Å². The van der Waals surface area contributed by atoms with Crippen molar-refractivity contribution in [3.8, 4) is 0 Å². The molecule has 2 rings (SSSR count). The zero-order valence-electron chi connectivity index (χ0n) is 12.7. The van der Waals surface area contributed by atoms with Gasteiger partial charge >= 0.3 is 0 Å². The van der Waals surface area contributed by atoms with E-state index in [9.17, 15) is 0 Å². The van der Waals surface area contributed by atoms with Crippen LogP contribution in [0.25, 0.3) is 0 Å². The predicted molar refractivity (Wildman–Crippen MR) is 78.2 cm³/mol. The molecule has 0 amide bonds. The summed E-state index contributed by atoms with van der Waals surface area (Å²) in [5.74, 6) is 4.01. The van der Waals surface area contributed by atoms with Gasteiger partial charge in [-0.1, -0.05) is 72.6 Å². The van der Waals surface area contributed by atoms with Crippen LogP contribution in [0.3, 0.4) is 0 Å². The summed E-state index contributed by atoms with van der Waals surface area (Å²) in [4.78, 5) is 0. The molecule has 0 nitrogen and oxygen atoms in total. The fourth-order valence-electron chi connectivity index (χ4n) is 3.26. The fourth-order valence-corrected chi connectivity index (χ4v) is 3.26. The summed E-state index contributed by atoms with van der Waals surface area (Å²) in [6, 6.07) is 0. The first kappa shape index (κ1) is 15.1. The minimum atomic E-state index is 0.924. The van der Waals surface area contributed by atoms with Crippen LogP contribution in [0.15, 0.2) is 0 Å². The summed E-state index contributed by atoms with van der Waals surface area (Å²) in [7, 11) is 0. The first-order valence-electron chi connectivity index (χ1n) is 8.09. The average Bonchev–Trinajstić information content (AvgIpc) is 2.31. The highest BCUT2D eigenvalue weighted by atomic mass is 14.3. The second-order valence-corrected chi connectivity index (χ2v) is 7.01. The molecule has 2 aliphatic carbocycles. The molecular formula is C17H34. The van der Waals surface area contributed by atoms with Gasteiger partial charge in [0.1, 0.15) is 0 Å². The zero-order chi connectivity index (χ0) is 12.7. The van der Waals surface area contributed by atoms with Crippen molar-refractivity contribution in [3.05, 3.63) is 0 Å². The van der Waals surface area contributed by atoms with Gasteiger partial charge < -0.3 is 0 Å². The van der Waals surface area contributed by atoms with Crippen molar-refractivity contribution in [2.75, 3.05) is 0 Å². The number of rotatable bonds is 1. The van der Waals surface area contributed by atoms with Crippen molar-refractivity contribution in [2.24, 2.45) is 23.7 Å². The van der Waals surface area contributed by atoms with Gasteiger partial charge in [0.25, 0.3) is 0 Å². The summed E-state index contributed by atoms with van der Waals surface area (Å²) in [6.45, 7) is 9.47. The molecule has 0 heteroatoms. The summed E-state index contributed by atoms with van der Waals surface area (Å²) < 4.78 is 0. The maximum absolute atomic E-state index is 2.39. The Kier molecular flexibility index (Phi) is 7.23. The summed E-state index contributed by atoms with van der Waals surface area (Å²) in [5.41, 5.74) is 0. The molecule has 0 radical (unpaired) electrons. The lowest BCUT2D eigenvalue weighted by Gasteiger charge is -2.28. The average molecular weight is 238 g/mol. The van der Waals surface area contributed by atoms with E-state index in [1.807, 2.05) is 0 Å². The maximum Gasteiger partial charge on any atom is -0.0391 e. The SMILES string of the molecule is CC1CCC(C(C)C)CC1.CC1CCCCC1. The molecule has 0 spiro atoms. The molecule has 0 unspecified atom stereocenters. The molecule has 2 fully saturated rings. The van der Waals surface area contributed by atoms with Crippen LogP contribution in [-0.4, -0.2) is 0 Å². The van der Waals surface area contributed by atoms with Crippen molar-refractivity contribution in [1.29, 1.82) is 0 Å². The molecule has 0 aromatic heterocycles. The molecule has 0 heterocycles. The molecule has 2 saturated carbocycles.